The summed E-state index contributed by atoms with van der Waals surface area (Å²) in [6.07, 6.45) is 3.06. The second kappa shape index (κ2) is 7.24. The number of anilines is 2. The van der Waals surface area contributed by atoms with Crippen LogP contribution < -0.4 is 10.6 Å². The maximum absolute atomic E-state index is 4.56. The van der Waals surface area contributed by atoms with Crippen molar-refractivity contribution in [1.82, 2.24) is 9.97 Å². The zero-order chi connectivity index (χ0) is 14.4. The molecule has 2 rings (SSSR count). The highest BCUT2D eigenvalue weighted by molar-refractivity contribution is 7.12. The maximum atomic E-state index is 4.56. The van der Waals surface area contributed by atoms with E-state index in [1.807, 2.05) is 24.5 Å². The van der Waals surface area contributed by atoms with Crippen molar-refractivity contribution in [3.63, 3.8) is 0 Å². The topological polar surface area (TPSA) is 49.8 Å². The number of nitrogens with zero attached hydrogens (tertiary/aromatic N) is 2. The fraction of sp³-hybridized carbons (Fsp3) is 0.467. The molecule has 0 unspecified atom stereocenters. The third-order valence-electron chi connectivity index (χ3n) is 3.01. The zero-order valence-electron chi connectivity index (χ0n) is 12.4. The van der Waals surface area contributed by atoms with Gasteiger partial charge in [-0.05, 0) is 25.0 Å². The molecule has 0 spiro atoms. The van der Waals surface area contributed by atoms with Gasteiger partial charge in [0.15, 0.2) is 0 Å². The number of rotatable bonds is 7. The second-order valence-electron chi connectivity index (χ2n) is 4.63. The van der Waals surface area contributed by atoms with E-state index in [2.05, 4.69) is 46.6 Å². The van der Waals surface area contributed by atoms with Crippen molar-refractivity contribution in [3.8, 4) is 0 Å². The van der Waals surface area contributed by atoms with Gasteiger partial charge in [-0.3, -0.25) is 0 Å². The zero-order valence-corrected chi connectivity index (χ0v) is 13.2. The monoisotopic (exact) mass is 290 g/mol. The summed E-state index contributed by atoms with van der Waals surface area (Å²) in [5.74, 6) is 2.65. The predicted molar refractivity (Wildman–Crippen MR) is 86.6 cm³/mol. The molecule has 0 saturated heterocycles. The Morgan fingerprint density at radius 2 is 1.85 bits per heavy atom. The van der Waals surface area contributed by atoms with Crippen LogP contribution in [0.1, 0.15) is 35.8 Å². The van der Waals surface area contributed by atoms with Crippen LogP contribution in [-0.2, 0) is 19.4 Å². The number of thiophene rings is 1. The molecular formula is C15H22N4S. The van der Waals surface area contributed by atoms with Crippen molar-refractivity contribution in [2.24, 2.45) is 0 Å². The number of aromatic nitrogens is 2. The van der Waals surface area contributed by atoms with Crippen LogP contribution in [0.4, 0.5) is 11.6 Å². The molecule has 2 aromatic heterocycles. The normalized spacial score (nSPS) is 10.6. The molecule has 0 aliphatic heterocycles. The Balaban J connectivity index is 2.05. The first-order valence-corrected chi connectivity index (χ1v) is 7.94. The molecule has 4 nitrogen and oxygen atoms in total. The van der Waals surface area contributed by atoms with E-state index in [1.54, 1.807) is 0 Å². The van der Waals surface area contributed by atoms with Crippen LogP contribution in [0.5, 0.6) is 0 Å². The maximum Gasteiger partial charge on any atom is 0.133 e. The van der Waals surface area contributed by atoms with Crippen LogP contribution >= 0.6 is 11.3 Å². The van der Waals surface area contributed by atoms with E-state index in [9.17, 15) is 0 Å². The quantitative estimate of drug-likeness (QED) is 0.816. The molecule has 0 radical (unpaired) electrons. The molecule has 0 bridgehead atoms. The van der Waals surface area contributed by atoms with Crippen LogP contribution in [-0.4, -0.2) is 17.0 Å². The summed E-state index contributed by atoms with van der Waals surface area (Å²) < 4.78 is 0. The molecule has 0 aliphatic carbocycles. The van der Waals surface area contributed by atoms with E-state index in [0.717, 1.165) is 43.3 Å². The third-order valence-corrected chi connectivity index (χ3v) is 4.24. The van der Waals surface area contributed by atoms with Gasteiger partial charge in [0.05, 0.1) is 6.54 Å². The van der Waals surface area contributed by atoms with Crippen molar-refractivity contribution in [2.45, 2.75) is 39.7 Å². The van der Waals surface area contributed by atoms with Gasteiger partial charge in [0.1, 0.15) is 17.5 Å². The first-order valence-electron chi connectivity index (χ1n) is 7.12. The molecule has 2 N–H and O–H groups in total. The lowest BCUT2D eigenvalue weighted by Crippen LogP contribution is -2.06. The van der Waals surface area contributed by atoms with Crippen LogP contribution in [0.2, 0.25) is 0 Å². The van der Waals surface area contributed by atoms with Gasteiger partial charge in [0.2, 0.25) is 0 Å². The van der Waals surface area contributed by atoms with Crippen molar-refractivity contribution < 1.29 is 0 Å². The molecule has 108 valence electrons. The Bertz CT molecular complexity index is 551. The Morgan fingerprint density at radius 3 is 2.50 bits per heavy atom. The van der Waals surface area contributed by atoms with Crippen LogP contribution in [0, 0.1) is 0 Å². The van der Waals surface area contributed by atoms with E-state index in [0.29, 0.717) is 0 Å². The number of aryl methyl sites for hydroxylation is 2. The van der Waals surface area contributed by atoms with Gasteiger partial charge in [0, 0.05) is 29.3 Å². The van der Waals surface area contributed by atoms with Gasteiger partial charge in [0.25, 0.3) is 0 Å². The van der Waals surface area contributed by atoms with Gasteiger partial charge in [-0.25, -0.2) is 9.97 Å². The molecule has 0 aromatic carbocycles. The van der Waals surface area contributed by atoms with E-state index < -0.39 is 0 Å². The highest BCUT2D eigenvalue weighted by Crippen LogP contribution is 2.19. The Kier molecular flexibility index (Phi) is 5.35. The van der Waals surface area contributed by atoms with Crippen molar-refractivity contribution in [3.05, 3.63) is 33.8 Å². The van der Waals surface area contributed by atoms with Gasteiger partial charge >= 0.3 is 0 Å². The van der Waals surface area contributed by atoms with Crippen molar-refractivity contribution in [1.29, 1.82) is 0 Å². The van der Waals surface area contributed by atoms with Crippen molar-refractivity contribution in [2.75, 3.05) is 17.7 Å². The molecule has 2 aromatic rings. The third kappa shape index (κ3) is 3.93. The lowest BCUT2D eigenvalue weighted by atomic mass is 10.3. The number of nitrogens with one attached hydrogen (secondary N) is 2. The minimum absolute atomic E-state index is 0.816. The fourth-order valence-corrected chi connectivity index (χ4v) is 2.83. The van der Waals surface area contributed by atoms with Gasteiger partial charge < -0.3 is 10.6 Å². The first-order chi connectivity index (χ1) is 9.75. The van der Waals surface area contributed by atoms with Crippen LogP contribution in [0.25, 0.3) is 0 Å². The Hall–Kier alpha value is -1.62. The molecule has 0 aliphatic rings. The van der Waals surface area contributed by atoms with Crippen molar-refractivity contribution >= 4 is 23.0 Å². The summed E-state index contributed by atoms with van der Waals surface area (Å²) in [7, 11) is 1.88. The average molecular weight is 290 g/mol. The highest BCUT2D eigenvalue weighted by Gasteiger charge is 2.04. The van der Waals surface area contributed by atoms with E-state index >= 15 is 0 Å². The number of hydrogen-bond acceptors (Lipinski definition) is 5. The standard InChI is InChI=1S/C15H22N4S/c1-4-6-13-18-14(16-3)9-15(19-13)17-10-12-8-7-11(5-2)20-12/h7-9H,4-6,10H2,1-3H3,(H2,16,17,18,19). The van der Waals surface area contributed by atoms with Gasteiger partial charge in [-0.2, -0.15) is 0 Å². The van der Waals surface area contributed by atoms with Crippen LogP contribution in [0.15, 0.2) is 18.2 Å². The minimum atomic E-state index is 0.816. The SMILES string of the molecule is CCCc1nc(NC)cc(NCc2ccc(CC)s2)n1. The largest absolute Gasteiger partial charge is 0.373 e. The average Bonchev–Trinajstić information content (AvgIpc) is 2.93. The van der Waals surface area contributed by atoms with E-state index in [1.165, 1.54) is 9.75 Å². The lowest BCUT2D eigenvalue weighted by Gasteiger charge is -2.08. The molecule has 5 heteroatoms. The smallest absolute Gasteiger partial charge is 0.133 e. The predicted octanol–water partition coefficient (Wildman–Crippen LogP) is 3.71. The van der Waals surface area contributed by atoms with E-state index in [4.69, 9.17) is 0 Å². The summed E-state index contributed by atoms with van der Waals surface area (Å²) >= 11 is 1.86. The number of hydrogen-bond donors (Lipinski definition) is 2. The molecular weight excluding hydrogens is 268 g/mol. The van der Waals surface area contributed by atoms with Gasteiger partial charge in [-0.1, -0.05) is 13.8 Å². The molecule has 0 amide bonds. The summed E-state index contributed by atoms with van der Waals surface area (Å²) in [5.41, 5.74) is 0. The Labute approximate surface area is 124 Å². The first kappa shape index (κ1) is 14.8. The summed E-state index contributed by atoms with van der Waals surface area (Å²) in [5, 5.41) is 6.48. The highest BCUT2D eigenvalue weighted by atomic mass is 32.1. The van der Waals surface area contributed by atoms with Crippen LogP contribution in [0.3, 0.4) is 0 Å². The fourth-order valence-electron chi connectivity index (χ4n) is 1.94. The molecule has 0 atom stereocenters. The molecule has 0 saturated carbocycles. The minimum Gasteiger partial charge on any atom is -0.373 e. The summed E-state index contributed by atoms with van der Waals surface area (Å²) in [6.45, 7) is 5.14. The molecule has 2 heterocycles. The van der Waals surface area contributed by atoms with E-state index in [-0.39, 0.29) is 0 Å². The molecule has 20 heavy (non-hydrogen) atoms. The Morgan fingerprint density at radius 1 is 1.10 bits per heavy atom. The summed E-state index contributed by atoms with van der Waals surface area (Å²) in [4.78, 5) is 11.8. The lowest BCUT2D eigenvalue weighted by molar-refractivity contribution is 0.835. The van der Waals surface area contributed by atoms with Gasteiger partial charge in [-0.15, -0.1) is 11.3 Å². The second-order valence-corrected chi connectivity index (χ2v) is 5.88. The summed E-state index contributed by atoms with van der Waals surface area (Å²) in [6, 6.07) is 6.33. The molecule has 0 fully saturated rings.